The van der Waals surface area contributed by atoms with E-state index in [2.05, 4.69) is 0 Å². The van der Waals surface area contributed by atoms with Gasteiger partial charge in [0, 0.05) is 5.69 Å². The molecule has 0 aliphatic rings. The third-order valence-electron chi connectivity index (χ3n) is 3.18. The van der Waals surface area contributed by atoms with Crippen molar-refractivity contribution < 1.29 is 4.79 Å². The molecule has 0 bridgehead atoms. The average molecular weight is 290 g/mol. The summed E-state index contributed by atoms with van der Waals surface area (Å²) in [5, 5.41) is 0.377. The number of halogens is 1. The number of nitrogen functional groups attached to an aromatic ring is 1. The van der Waals surface area contributed by atoms with E-state index in [1.165, 1.54) is 4.90 Å². The number of nitrogens with zero attached hydrogens (tertiary/aromatic N) is 1. The van der Waals surface area contributed by atoms with Gasteiger partial charge >= 0.3 is 6.03 Å². The van der Waals surface area contributed by atoms with Gasteiger partial charge in [0.1, 0.15) is 0 Å². The number of urea groups is 1. The van der Waals surface area contributed by atoms with Crippen LogP contribution in [0.25, 0.3) is 0 Å². The summed E-state index contributed by atoms with van der Waals surface area (Å²) in [6, 6.07) is 10.0. The van der Waals surface area contributed by atoms with Gasteiger partial charge in [0.15, 0.2) is 0 Å². The number of amides is 2. The van der Waals surface area contributed by atoms with Crippen molar-refractivity contribution in [2.24, 2.45) is 5.73 Å². The number of benzene rings is 2. The van der Waals surface area contributed by atoms with Crippen molar-refractivity contribution in [3.8, 4) is 0 Å². The quantitative estimate of drug-likeness (QED) is 0.826. The first kappa shape index (κ1) is 14.2. The highest BCUT2D eigenvalue weighted by Crippen LogP contribution is 2.33. The molecule has 0 aliphatic carbocycles. The molecule has 2 amide bonds. The van der Waals surface area contributed by atoms with Gasteiger partial charge in [-0.1, -0.05) is 17.7 Å². The molecule has 0 heterocycles. The van der Waals surface area contributed by atoms with Crippen LogP contribution in [0.3, 0.4) is 0 Å². The third-order valence-corrected chi connectivity index (χ3v) is 3.48. The van der Waals surface area contributed by atoms with Gasteiger partial charge in [-0.3, -0.25) is 4.90 Å². The molecule has 20 heavy (non-hydrogen) atoms. The molecule has 0 aromatic heterocycles. The Morgan fingerprint density at radius 3 is 2.35 bits per heavy atom. The van der Waals surface area contributed by atoms with Crippen LogP contribution in [0.2, 0.25) is 5.02 Å². The number of carbonyl (C=O) groups excluding carboxylic acids is 1. The second-order valence-corrected chi connectivity index (χ2v) is 5.06. The number of primary amides is 1. The Morgan fingerprint density at radius 2 is 1.80 bits per heavy atom. The number of rotatable bonds is 2. The Morgan fingerprint density at radius 1 is 1.10 bits per heavy atom. The maximum absolute atomic E-state index is 11.8. The van der Waals surface area contributed by atoms with Crippen molar-refractivity contribution >= 4 is 34.7 Å². The summed E-state index contributed by atoms with van der Waals surface area (Å²) in [4.78, 5) is 13.2. The van der Waals surface area contributed by atoms with Gasteiger partial charge in [-0.05, 0) is 55.3 Å². The number of nitrogens with two attached hydrogens (primary N) is 2. The summed E-state index contributed by atoms with van der Waals surface area (Å²) in [5.41, 5.74) is 15.1. The van der Waals surface area contributed by atoms with Gasteiger partial charge in [0.05, 0.1) is 16.4 Å². The van der Waals surface area contributed by atoms with Gasteiger partial charge in [-0.15, -0.1) is 0 Å². The molecule has 0 spiro atoms. The Bertz CT molecular complexity index is 670. The predicted molar refractivity (Wildman–Crippen MR) is 83.5 cm³/mol. The van der Waals surface area contributed by atoms with E-state index in [4.69, 9.17) is 23.1 Å². The van der Waals surface area contributed by atoms with Crippen molar-refractivity contribution in [3.05, 3.63) is 52.5 Å². The van der Waals surface area contributed by atoms with Crippen LogP contribution < -0.4 is 16.4 Å². The standard InChI is InChI=1S/C15H16ClN3O/c1-9-3-5-12(7-10(9)2)19(15(18)20)14-6-4-11(17)8-13(14)16/h3-8H,17H2,1-2H3,(H2,18,20). The summed E-state index contributed by atoms with van der Waals surface area (Å²) in [6.07, 6.45) is 0. The van der Waals surface area contributed by atoms with Gasteiger partial charge in [-0.2, -0.15) is 0 Å². The van der Waals surface area contributed by atoms with Crippen LogP contribution in [-0.4, -0.2) is 6.03 Å². The van der Waals surface area contributed by atoms with Crippen molar-refractivity contribution in [2.75, 3.05) is 10.6 Å². The van der Waals surface area contributed by atoms with Gasteiger partial charge in [-0.25, -0.2) is 4.79 Å². The van der Waals surface area contributed by atoms with Crippen LogP contribution in [0.5, 0.6) is 0 Å². The zero-order valence-electron chi connectivity index (χ0n) is 11.4. The van der Waals surface area contributed by atoms with Crippen molar-refractivity contribution in [1.82, 2.24) is 0 Å². The van der Waals surface area contributed by atoms with Crippen molar-refractivity contribution in [2.45, 2.75) is 13.8 Å². The van der Waals surface area contributed by atoms with Crippen LogP contribution in [0, 0.1) is 13.8 Å². The van der Waals surface area contributed by atoms with Gasteiger partial charge in [0.25, 0.3) is 0 Å². The summed E-state index contributed by atoms with van der Waals surface area (Å²) in [7, 11) is 0. The molecular formula is C15H16ClN3O. The molecular weight excluding hydrogens is 274 g/mol. The Kier molecular flexibility index (Phi) is 3.86. The van der Waals surface area contributed by atoms with E-state index < -0.39 is 6.03 Å². The molecule has 4 N–H and O–H groups in total. The maximum Gasteiger partial charge on any atom is 0.323 e. The van der Waals surface area contributed by atoms with Gasteiger partial charge in [0.2, 0.25) is 0 Å². The van der Waals surface area contributed by atoms with Crippen LogP contribution in [0.1, 0.15) is 11.1 Å². The molecule has 0 aliphatic heterocycles. The molecule has 0 fully saturated rings. The minimum atomic E-state index is -0.597. The van der Waals surface area contributed by atoms with Crippen LogP contribution in [0.15, 0.2) is 36.4 Å². The Labute approximate surface area is 122 Å². The molecule has 2 aromatic rings. The molecule has 5 heteroatoms. The summed E-state index contributed by atoms with van der Waals surface area (Å²) >= 11 is 6.16. The van der Waals surface area contributed by atoms with Crippen LogP contribution in [-0.2, 0) is 0 Å². The maximum atomic E-state index is 11.8. The monoisotopic (exact) mass is 289 g/mol. The fraction of sp³-hybridized carbons (Fsp3) is 0.133. The highest BCUT2D eigenvalue weighted by molar-refractivity contribution is 6.34. The lowest BCUT2D eigenvalue weighted by Crippen LogP contribution is -2.31. The summed E-state index contributed by atoms with van der Waals surface area (Å²) < 4.78 is 0. The fourth-order valence-corrected chi connectivity index (χ4v) is 2.23. The van der Waals surface area contributed by atoms with Crippen molar-refractivity contribution in [1.29, 1.82) is 0 Å². The van der Waals surface area contributed by atoms with E-state index in [0.29, 0.717) is 22.1 Å². The number of carbonyl (C=O) groups is 1. The second-order valence-electron chi connectivity index (χ2n) is 4.65. The molecule has 2 rings (SSSR count). The molecule has 0 saturated carbocycles. The van der Waals surface area contributed by atoms with Gasteiger partial charge < -0.3 is 11.5 Å². The van der Waals surface area contributed by atoms with Crippen molar-refractivity contribution in [3.63, 3.8) is 0 Å². The minimum Gasteiger partial charge on any atom is -0.399 e. The SMILES string of the molecule is Cc1ccc(N(C(N)=O)c2ccc(N)cc2Cl)cc1C. The zero-order chi connectivity index (χ0) is 14.9. The molecule has 4 nitrogen and oxygen atoms in total. The highest BCUT2D eigenvalue weighted by atomic mass is 35.5. The number of hydrogen-bond acceptors (Lipinski definition) is 2. The van der Waals surface area contributed by atoms with E-state index in [1.54, 1.807) is 18.2 Å². The zero-order valence-corrected chi connectivity index (χ0v) is 12.1. The van der Waals surface area contributed by atoms with Crippen LogP contribution >= 0.6 is 11.6 Å². The van der Waals surface area contributed by atoms with E-state index in [0.717, 1.165) is 11.1 Å². The minimum absolute atomic E-state index is 0.377. The summed E-state index contributed by atoms with van der Waals surface area (Å²) in [5.74, 6) is 0. The second kappa shape index (κ2) is 5.43. The third kappa shape index (κ3) is 2.70. The highest BCUT2D eigenvalue weighted by Gasteiger charge is 2.18. The smallest absolute Gasteiger partial charge is 0.323 e. The predicted octanol–water partition coefficient (Wildman–Crippen LogP) is 3.76. The average Bonchev–Trinajstić information content (AvgIpc) is 2.36. The van der Waals surface area contributed by atoms with E-state index >= 15 is 0 Å². The lowest BCUT2D eigenvalue weighted by atomic mass is 10.1. The molecule has 104 valence electrons. The van der Waals surface area contributed by atoms with Crippen LogP contribution in [0.4, 0.5) is 21.9 Å². The first-order chi connectivity index (χ1) is 9.40. The Hall–Kier alpha value is -2.20. The largest absolute Gasteiger partial charge is 0.399 e. The molecule has 0 saturated heterocycles. The molecule has 0 unspecified atom stereocenters. The lowest BCUT2D eigenvalue weighted by Gasteiger charge is -2.22. The van der Waals surface area contributed by atoms with E-state index in [-0.39, 0.29) is 0 Å². The molecule has 2 aromatic carbocycles. The first-order valence-corrected chi connectivity index (χ1v) is 6.50. The number of anilines is 3. The molecule has 0 atom stereocenters. The number of hydrogen-bond donors (Lipinski definition) is 2. The first-order valence-electron chi connectivity index (χ1n) is 6.12. The lowest BCUT2D eigenvalue weighted by molar-refractivity contribution is 0.256. The summed E-state index contributed by atoms with van der Waals surface area (Å²) in [6.45, 7) is 3.98. The van der Waals surface area contributed by atoms with E-state index in [1.807, 2.05) is 32.0 Å². The Balaban J connectivity index is 2.56. The van der Waals surface area contributed by atoms with E-state index in [9.17, 15) is 4.79 Å². The topological polar surface area (TPSA) is 72.3 Å². The molecule has 0 radical (unpaired) electrons. The number of aryl methyl sites for hydroxylation is 2. The fourth-order valence-electron chi connectivity index (χ4n) is 1.95. The normalized spacial score (nSPS) is 10.3.